The molecule has 0 aliphatic rings. The Balaban J connectivity index is 0.000000225. The van der Waals surface area contributed by atoms with Gasteiger partial charge in [-0.15, -0.1) is 0 Å². The number of pyridine rings is 2. The molecule has 0 radical (unpaired) electrons. The van der Waals surface area contributed by atoms with Crippen molar-refractivity contribution in [1.82, 2.24) is 9.97 Å². The van der Waals surface area contributed by atoms with Crippen molar-refractivity contribution in [3.8, 4) is 0 Å². The van der Waals surface area contributed by atoms with Crippen molar-refractivity contribution in [3.05, 3.63) is 69.2 Å². The first kappa shape index (κ1) is 13.2. The molecule has 0 fully saturated rings. The number of nitrogens with zero attached hydrogens (tertiary/aromatic N) is 4. The van der Waals surface area contributed by atoms with Crippen LogP contribution in [0.3, 0.4) is 0 Å². The van der Waals surface area contributed by atoms with Crippen LogP contribution in [0.1, 0.15) is 0 Å². The maximum atomic E-state index is 10.2. The molecule has 0 amide bonds. The molecule has 0 atom stereocenters. The van der Waals surface area contributed by atoms with Crippen LogP contribution in [0, 0.1) is 20.2 Å². The predicted molar refractivity (Wildman–Crippen MR) is 61.8 cm³/mol. The number of rotatable bonds is 2. The van der Waals surface area contributed by atoms with Crippen molar-refractivity contribution < 1.29 is 9.85 Å². The van der Waals surface area contributed by atoms with Gasteiger partial charge in [0.1, 0.15) is 6.20 Å². The van der Waals surface area contributed by atoms with Crippen LogP contribution < -0.4 is 0 Å². The van der Waals surface area contributed by atoms with Gasteiger partial charge in [-0.3, -0.25) is 15.1 Å². The average Bonchev–Trinajstić information content (AvgIpc) is 2.41. The number of hydrogen-bond acceptors (Lipinski definition) is 6. The molecule has 0 saturated heterocycles. The number of aromatic nitrogens is 2. The van der Waals surface area contributed by atoms with Gasteiger partial charge in [-0.1, -0.05) is 6.07 Å². The third-order valence-electron chi connectivity index (χ3n) is 1.70. The maximum absolute atomic E-state index is 10.2. The van der Waals surface area contributed by atoms with Gasteiger partial charge in [0.05, 0.1) is 4.92 Å². The highest BCUT2D eigenvalue weighted by Gasteiger charge is 2.23. The summed E-state index contributed by atoms with van der Waals surface area (Å²) in [7, 11) is 0. The van der Waals surface area contributed by atoms with E-state index in [1.807, 2.05) is 18.2 Å². The summed E-state index contributed by atoms with van der Waals surface area (Å²) in [6.07, 6.45) is 4.63. The highest BCUT2D eigenvalue weighted by Crippen LogP contribution is 2.21. The van der Waals surface area contributed by atoms with Crippen LogP contribution in [0.5, 0.6) is 0 Å². The van der Waals surface area contributed by atoms with E-state index in [0.717, 1.165) is 12.3 Å². The van der Waals surface area contributed by atoms with E-state index in [-0.39, 0.29) is 0 Å². The Morgan fingerprint density at radius 3 is 1.89 bits per heavy atom. The van der Waals surface area contributed by atoms with Crippen LogP contribution in [0.25, 0.3) is 0 Å². The van der Waals surface area contributed by atoms with E-state index in [9.17, 15) is 20.2 Å². The Labute approximate surface area is 101 Å². The Kier molecular flexibility index (Phi) is 4.85. The number of nitro groups is 2. The van der Waals surface area contributed by atoms with Gasteiger partial charge in [0.2, 0.25) is 0 Å². The quantitative estimate of drug-likeness (QED) is 0.593. The number of hydrogen-bond donors (Lipinski definition) is 0. The van der Waals surface area contributed by atoms with E-state index in [0.29, 0.717) is 0 Å². The molecule has 8 heteroatoms. The summed E-state index contributed by atoms with van der Waals surface area (Å²) in [6.45, 7) is 0. The van der Waals surface area contributed by atoms with E-state index < -0.39 is 21.4 Å². The van der Waals surface area contributed by atoms with E-state index in [4.69, 9.17) is 0 Å². The molecule has 2 aromatic heterocycles. The zero-order valence-corrected chi connectivity index (χ0v) is 9.04. The van der Waals surface area contributed by atoms with E-state index >= 15 is 0 Å². The summed E-state index contributed by atoms with van der Waals surface area (Å²) in [5, 5.41) is 20.4. The molecule has 0 aliphatic carbocycles. The first-order chi connectivity index (χ1) is 8.63. The Hall–Kier alpha value is -2.90. The van der Waals surface area contributed by atoms with E-state index in [1.54, 1.807) is 12.4 Å². The zero-order valence-electron chi connectivity index (χ0n) is 9.04. The van der Waals surface area contributed by atoms with Gasteiger partial charge in [0.25, 0.3) is 0 Å². The summed E-state index contributed by atoms with van der Waals surface area (Å²) >= 11 is 0. The van der Waals surface area contributed by atoms with Crippen molar-refractivity contribution in [3.63, 3.8) is 0 Å². The minimum Gasteiger partial charge on any atom is -0.358 e. The summed E-state index contributed by atoms with van der Waals surface area (Å²) in [4.78, 5) is 25.7. The van der Waals surface area contributed by atoms with Crippen molar-refractivity contribution in [2.24, 2.45) is 0 Å². The molecule has 8 nitrogen and oxygen atoms in total. The van der Waals surface area contributed by atoms with Gasteiger partial charge in [-0.05, 0) is 28.1 Å². The van der Waals surface area contributed by atoms with Gasteiger partial charge in [0, 0.05) is 18.5 Å². The highest BCUT2D eigenvalue weighted by atomic mass is 16.6. The second kappa shape index (κ2) is 6.63. The third kappa shape index (κ3) is 3.93. The minimum absolute atomic E-state index is 0.595. The molecule has 2 aromatic rings. The lowest BCUT2D eigenvalue weighted by molar-refractivity contribution is -0.425. The maximum Gasteiger partial charge on any atom is 0.442 e. The van der Waals surface area contributed by atoms with Crippen molar-refractivity contribution in [2.45, 2.75) is 0 Å². The summed E-state index contributed by atoms with van der Waals surface area (Å²) in [5.41, 5.74) is -0.595. The summed E-state index contributed by atoms with van der Waals surface area (Å²) in [5.74, 6) is -0.734. The molecule has 0 N–H and O–H groups in total. The lowest BCUT2D eigenvalue weighted by Gasteiger charge is -1.91. The topological polar surface area (TPSA) is 112 Å². The van der Waals surface area contributed by atoms with Gasteiger partial charge in [-0.25, -0.2) is 0 Å². The van der Waals surface area contributed by atoms with E-state index in [1.165, 1.54) is 6.07 Å². The molecule has 2 heterocycles. The van der Waals surface area contributed by atoms with Crippen LogP contribution in [-0.4, -0.2) is 19.8 Å². The smallest absolute Gasteiger partial charge is 0.358 e. The molecule has 0 aliphatic heterocycles. The fourth-order valence-corrected chi connectivity index (χ4v) is 0.984. The normalized spacial score (nSPS) is 8.89. The SMILES string of the molecule is O=[N+]([O-])c1cccnc1[N+](=O)[O-].c1ccncc1. The molecular weight excluding hydrogens is 240 g/mol. The van der Waals surface area contributed by atoms with Gasteiger partial charge >= 0.3 is 11.5 Å². The molecular formula is C10H8N4O4. The lowest BCUT2D eigenvalue weighted by atomic mass is 10.4. The second-order valence-corrected chi connectivity index (χ2v) is 2.88. The molecule has 2 rings (SSSR count). The molecule has 0 bridgehead atoms. The van der Waals surface area contributed by atoms with Gasteiger partial charge < -0.3 is 10.1 Å². The Morgan fingerprint density at radius 2 is 1.56 bits per heavy atom. The van der Waals surface area contributed by atoms with Crippen LogP contribution in [0.4, 0.5) is 11.5 Å². The highest BCUT2D eigenvalue weighted by molar-refractivity contribution is 5.45. The van der Waals surface area contributed by atoms with Crippen LogP contribution in [-0.2, 0) is 0 Å². The largest absolute Gasteiger partial charge is 0.442 e. The van der Waals surface area contributed by atoms with Crippen LogP contribution in [0.2, 0.25) is 0 Å². The minimum atomic E-state index is -0.891. The standard InChI is InChI=1S/C5H3N3O4.C5H5N/c9-7(10)4-2-1-3-6-5(4)8(11)12;1-2-4-6-5-3-1/h1-3H;1-5H. The molecule has 0 aromatic carbocycles. The lowest BCUT2D eigenvalue weighted by Crippen LogP contribution is -1.97. The predicted octanol–water partition coefficient (Wildman–Crippen LogP) is 1.98. The van der Waals surface area contributed by atoms with Crippen molar-refractivity contribution in [2.75, 3.05) is 0 Å². The summed E-state index contributed by atoms with van der Waals surface area (Å²) < 4.78 is 0. The first-order valence-corrected chi connectivity index (χ1v) is 4.71. The molecule has 0 unspecified atom stereocenters. The zero-order chi connectivity index (χ0) is 13.4. The van der Waals surface area contributed by atoms with Crippen LogP contribution in [0.15, 0.2) is 48.9 Å². The average molecular weight is 248 g/mol. The molecule has 0 spiro atoms. The van der Waals surface area contributed by atoms with E-state index in [2.05, 4.69) is 9.97 Å². The molecule has 18 heavy (non-hydrogen) atoms. The van der Waals surface area contributed by atoms with Gasteiger partial charge in [0.15, 0.2) is 0 Å². The Bertz CT molecular complexity index is 473. The van der Waals surface area contributed by atoms with Crippen LogP contribution >= 0.6 is 0 Å². The Morgan fingerprint density at radius 1 is 0.889 bits per heavy atom. The third-order valence-corrected chi connectivity index (χ3v) is 1.70. The van der Waals surface area contributed by atoms with Crippen molar-refractivity contribution in [1.29, 1.82) is 0 Å². The fraction of sp³-hybridized carbons (Fsp3) is 0. The fourth-order valence-electron chi connectivity index (χ4n) is 0.984. The summed E-state index contributed by atoms with van der Waals surface area (Å²) in [6, 6.07) is 8.02. The van der Waals surface area contributed by atoms with Crippen molar-refractivity contribution >= 4 is 11.5 Å². The first-order valence-electron chi connectivity index (χ1n) is 4.71. The molecule has 0 saturated carbocycles. The molecule has 92 valence electrons. The van der Waals surface area contributed by atoms with Gasteiger partial charge in [-0.2, -0.15) is 0 Å². The second-order valence-electron chi connectivity index (χ2n) is 2.88. The monoisotopic (exact) mass is 248 g/mol.